The van der Waals surface area contributed by atoms with Crippen molar-refractivity contribution >= 4 is 46.0 Å². The number of halogens is 2. The first-order chi connectivity index (χ1) is 11.1. The number of hydrogen-bond donors (Lipinski definition) is 1. The van der Waals surface area contributed by atoms with E-state index in [0.29, 0.717) is 13.1 Å². The number of nitrogens with two attached hydrogens (primary N) is 1. The third kappa shape index (κ3) is 4.10. The van der Waals surface area contributed by atoms with Gasteiger partial charge in [-0.1, -0.05) is 15.9 Å². The number of amides is 1. The summed E-state index contributed by atoms with van der Waals surface area (Å²) in [4.78, 5) is 16.2. The molecule has 4 nitrogen and oxygen atoms in total. The summed E-state index contributed by atoms with van der Waals surface area (Å²) < 4.78 is 6.89. The molecule has 3 rings (SSSR count). The zero-order valence-corrected chi connectivity index (χ0v) is 17.0. The minimum Gasteiger partial charge on any atom is -0.364 e. The van der Waals surface area contributed by atoms with Gasteiger partial charge in [-0.05, 0) is 49.9 Å². The molecule has 1 fully saturated rings. The van der Waals surface area contributed by atoms with Crippen molar-refractivity contribution in [2.24, 2.45) is 5.73 Å². The summed E-state index contributed by atoms with van der Waals surface area (Å²) in [5.74, 6) is 1.16. The van der Waals surface area contributed by atoms with Gasteiger partial charge in [-0.15, -0.1) is 24.2 Å². The number of likely N-dealkylation sites (N-methyl/N-ethyl adjacent to an activating group) is 1. The molecule has 2 aliphatic rings. The van der Waals surface area contributed by atoms with Crippen molar-refractivity contribution in [2.45, 2.75) is 49.3 Å². The number of thioether (sulfide) groups is 1. The lowest BCUT2D eigenvalue weighted by Crippen LogP contribution is -2.42. The van der Waals surface area contributed by atoms with Gasteiger partial charge in [0.25, 0.3) is 5.91 Å². The molecule has 0 saturated carbocycles. The first-order valence-electron chi connectivity index (χ1n) is 8.22. The molecule has 134 valence electrons. The van der Waals surface area contributed by atoms with Crippen LogP contribution in [0, 0.1) is 0 Å². The molecule has 0 aliphatic carbocycles. The standard InChI is InChI=1S/C17H23BrN2O2S.ClH/c1-2-20(17(21)15-5-4-12(10-19)22-15)14-7-8-23-16-6-3-11(18)9-13(14)16;/h3,6,9,12,14-15H,2,4-5,7-8,10,19H2,1H3;1H/t12-,14?,15+;/m1./s1. The molecule has 0 radical (unpaired) electrons. The second-order valence-electron chi connectivity index (χ2n) is 6.02. The molecule has 2 heterocycles. The summed E-state index contributed by atoms with van der Waals surface area (Å²) in [6.07, 6.45) is 2.36. The molecule has 24 heavy (non-hydrogen) atoms. The maximum absolute atomic E-state index is 13.0. The van der Waals surface area contributed by atoms with Crippen LogP contribution in [-0.4, -0.2) is 41.9 Å². The number of carbonyl (C=O) groups excluding carboxylic acids is 1. The Morgan fingerprint density at radius 2 is 2.21 bits per heavy atom. The largest absolute Gasteiger partial charge is 0.364 e. The molecular formula is C17H24BrClN2O2S. The molecule has 0 aromatic heterocycles. The molecule has 1 aromatic carbocycles. The van der Waals surface area contributed by atoms with E-state index in [-0.39, 0.29) is 36.6 Å². The van der Waals surface area contributed by atoms with Crippen LogP contribution in [0.5, 0.6) is 0 Å². The quantitative estimate of drug-likeness (QED) is 0.782. The van der Waals surface area contributed by atoms with E-state index in [1.165, 1.54) is 10.5 Å². The Kier molecular flexibility index (Phi) is 7.43. The van der Waals surface area contributed by atoms with Crippen LogP contribution in [0.4, 0.5) is 0 Å². The Labute approximate surface area is 162 Å². The molecule has 0 bridgehead atoms. The van der Waals surface area contributed by atoms with Gasteiger partial charge in [-0.25, -0.2) is 0 Å². The Bertz CT molecular complexity index is 590. The zero-order valence-electron chi connectivity index (χ0n) is 13.7. The second-order valence-corrected chi connectivity index (χ2v) is 8.07. The Hall–Kier alpha value is -0.270. The fourth-order valence-corrected chi connectivity index (χ4v) is 4.91. The summed E-state index contributed by atoms with van der Waals surface area (Å²) in [5.41, 5.74) is 6.92. The lowest BCUT2D eigenvalue weighted by Gasteiger charge is -2.36. The van der Waals surface area contributed by atoms with E-state index in [2.05, 4.69) is 34.1 Å². The molecule has 1 aromatic rings. The fourth-order valence-electron chi connectivity index (χ4n) is 3.45. The van der Waals surface area contributed by atoms with Crippen molar-refractivity contribution in [2.75, 3.05) is 18.8 Å². The number of fused-ring (bicyclic) bond motifs is 1. The zero-order chi connectivity index (χ0) is 16.4. The van der Waals surface area contributed by atoms with Gasteiger partial charge < -0.3 is 15.4 Å². The van der Waals surface area contributed by atoms with Crippen LogP contribution >= 0.6 is 40.1 Å². The van der Waals surface area contributed by atoms with Crippen LogP contribution in [-0.2, 0) is 9.53 Å². The highest BCUT2D eigenvalue weighted by atomic mass is 79.9. The molecule has 2 N–H and O–H groups in total. The number of nitrogens with zero attached hydrogens (tertiary/aromatic N) is 1. The summed E-state index contributed by atoms with van der Waals surface area (Å²) in [5, 5.41) is 0. The van der Waals surface area contributed by atoms with Crippen molar-refractivity contribution in [3.8, 4) is 0 Å². The van der Waals surface area contributed by atoms with Gasteiger partial charge in [0.2, 0.25) is 0 Å². The molecule has 3 atom stereocenters. The molecule has 7 heteroatoms. The Balaban J connectivity index is 0.00000208. The van der Waals surface area contributed by atoms with Gasteiger partial charge in [-0.2, -0.15) is 0 Å². The molecule has 0 spiro atoms. The van der Waals surface area contributed by atoms with Crippen molar-refractivity contribution in [1.29, 1.82) is 0 Å². The van der Waals surface area contributed by atoms with Gasteiger partial charge in [-0.3, -0.25) is 4.79 Å². The number of hydrogen-bond acceptors (Lipinski definition) is 4. The van der Waals surface area contributed by atoms with E-state index in [1.54, 1.807) is 0 Å². The predicted octanol–water partition coefficient (Wildman–Crippen LogP) is 3.76. The SMILES string of the molecule is CCN(C(=O)[C@@H]1CC[C@H](CN)O1)C1CCSc2ccc(Br)cc21.Cl. The highest BCUT2D eigenvalue weighted by molar-refractivity contribution is 9.10. The summed E-state index contributed by atoms with van der Waals surface area (Å²) in [7, 11) is 0. The molecule has 1 amide bonds. The summed E-state index contributed by atoms with van der Waals surface area (Å²) >= 11 is 5.43. The first kappa shape index (κ1) is 20.0. The number of carbonyl (C=O) groups is 1. The van der Waals surface area contributed by atoms with E-state index in [1.807, 2.05) is 23.6 Å². The topological polar surface area (TPSA) is 55.6 Å². The van der Waals surface area contributed by atoms with E-state index < -0.39 is 0 Å². The van der Waals surface area contributed by atoms with Crippen LogP contribution in [0.25, 0.3) is 0 Å². The third-order valence-corrected chi connectivity index (χ3v) is 6.24. The van der Waals surface area contributed by atoms with E-state index >= 15 is 0 Å². The van der Waals surface area contributed by atoms with Gasteiger partial charge in [0, 0.05) is 28.2 Å². The van der Waals surface area contributed by atoms with Crippen molar-refractivity contribution in [3.05, 3.63) is 28.2 Å². The van der Waals surface area contributed by atoms with Gasteiger partial charge in [0.05, 0.1) is 12.1 Å². The highest BCUT2D eigenvalue weighted by Gasteiger charge is 2.36. The lowest BCUT2D eigenvalue weighted by atomic mass is 10.0. The number of rotatable bonds is 4. The highest BCUT2D eigenvalue weighted by Crippen LogP contribution is 2.41. The monoisotopic (exact) mass is 434 g/mol. The predicted molar refractivity (Wildman–Crippen MR) is 104 cm³/mol. The lowest BCUT2D eigenvalue weighted by molar-refractivity contribution is -0.145. The minimum absolute atomic E-state index is 0. The average molecular weight is 436 g/mol. The van der Waals surface area contributed by atoms with Crippen LogP contribution in [0.15, 0.2) is 27.6 Å². The molecule has 1 unspecified atom stereocenters. The number of benzene rings is 1. The van der Waals surface area contributed by atoms with Crippen LogP contribution in [0.3, 0.4) is 0 Å². The van der Waals surface area contributed by atoms with Crippen molar-refractivity contribution in [1.82, 2.24) is 4.90 Å². The van der Waals surface area contributed by atoms with E-state index in [9.17, 15) is 4.79 Å². The van der Waals surface area contributed by atoms with Crippen LogP contribution < -0.4 is 5.73 Å². The average Bonchev–Trinajstić information content (AvgIpc) is 3.05. The van der Waals surface area contributed by atoms with Crippen molar-refractivity contribution < 1.29 is 9.53 Å². The molecule has 1 saturated heterocycles. The Morgan fingerprint density at radius 1 is 1.42 bits per heavy atom. The van der Waals surface area contributed by atoms with Crippen molar-refractivity contribution in [3.63, 3.8) is 0 Å². The van der Waals surface area contributed by atoms with Crippen LogP contribution in [0.2, 0.25) is 0 Å². The smallest absolute Gasteiger partial charge is 0.252 e. The van der Waals surface area contributed by atoms with E-state index in [0.717, 1.165) is 29.5 Å². The fraction of sp³-hybridized carbons (Fsp3) is 0.588. The second kappa shape index (κ2) is 8.90. The third-order valence-electron chi connectivity index (χ3n) is 4.63. The summed E-state index contributed by atoms with van der Waals surface area (Å²) in [6.45, 7) is 3.24. The van der Waals surface area contributed by atoms with E-state index in [4.69, 9.17) is 10.5 Å². The maximum atomic E-state index is 13.0. The summed E-state index contributed by atoms with van der Waals surface area (Å²) in [6, 6.07) is 6.51. The maximum Gasteiger partial charge on any atom is 0.252 e. The van der Waals surface area contributed by atoms with Gasteiger partial charge >= 0.3 is 0 Å². The van der Waals surface area contributed by atoms with Gasteiger partial charge in [0.1, 0.15) is 6.10 Å². The number of ether oxygens (including phenoxy) is 1. The Morgan fingerprint density at radius 3 is 2.88 bits per heavy atom. The normalized spacial score (nSPS) is 25.7. The first-order valence-corrected chi connectivity index (χ1v) is 10.00. The van der Waals surface area contributed by atoms with Gasteiger partial charge in [0.15, 0.2) is 0 Å². The minimum atomic E-state index is -0.325. The molecule has 2 aliphatic heterocycles. The van der Waals surface area contributed by atoms with Crippen LogP contribution in [0.1, 0.15) is 37.8 Å². The molecular weight excluding hydrogens is 412 g/mol.